The standard InChI is InChI=1S/C17H28N2O4/c1-2-23-16(7-3-4-8-16)11-18-15(22)19-10-13-6-5-9-17(13,12-19)14(20)21/h13H,2-12H2,1H3,(H,18,22)(H,20,21)/t13-,17+/m0/s1. The number of hydrogen-bond acceptors (Lipinski definition) is 3. The van der Waals surface area contributed by atoms with Crippen LogP contribution in [0.25, 0.3) is 0 Å². The highest BCUT2D eigenvalue weighted by atomic mass is 16.5. The van der Waals surface area contributed by atoms with E-state index >= 15 is 0 Å². The first-order valence-corrected chi connectivity index (χ1v) is 8.91. The SMILES string of the molecule is CCOC1(CNC(=O)N2C[C@@H]3CCC[C@@]3(C(=O)O)C2)CCCC1. The Morgan fingerprint density at radius 1 is 1.26 bits per heavy atom. The zero-order chi connectivity index (χ0) is 16.5. The molecule has 0 radical (unpaired) electrons. The van der Waals surface area contributed by atoms with Crippen LogP contribution in [-0.4, -0.2) is 53.8 Å². The first-order valence-electron chi connectivity index (χ1n) is 8.91. The van der Waals surface area contributed by atoms with Crippen molar-refractivity contribution in [2.24, 2.45) is 11.3 Å². The molecule has 1 saturated heterocycles. The summed E-state index contributed by atoms with van der Waals surface area (Å²) < 4.78 is 5.91. The van der Waals surface area contributed by atoms with Crippen molar-refractivity contribution < 1.29 is 19.4 Å². The first-order chi connectivity index (χ1) is 11.0. The van der Waals surface area contributed by atoms with Crippen LogP contribution in [0.5, 0.6) is 0 Å². The molecule has 6 nitrogen and oxygen atoms in total. The van der Waals surface area contributed by atoms with Crippen LogP contribution >= 0.6 is 0 Å². The van der Waals surface area contributed by atoms with Crippen molar-refractivity contribution in [3.63, 3.8) is 0 Å². The highest BCUT2D eigenvalue weighted by molar-refractivity contribution is 5.80. The van der Waals surface area contributed by atoms with E-state index in [1.807, 2.05) is 6.92 Å². The monoisotopic (exact) mass is 324 g/mol. The summed E-state index contributed by atoms with van der Waals surface area (Å²) in [6.07, 6.45) is 6.83. The van der Waals surface area contributed by atoms with Crippen LogP contribution in [0.15, 0.2) is 0 Å². The Balaban J connectivity index is 1.58. The van der Waals surface area contributed by atoms with E-state index in [4.69, 9.17) is 4.74 Å². The average Bonchev–Trinajstić information content (AvgIpc) is 3.19. The topological polar surface area (TPSA) is 78.9 Å². The Hall–Kier alpha value is -1.30. The third-order valence-electron chi connectivity index (χ3n) is 6.11. The number of nitrogens with zero attached hydrogens (tertiary/aromatic N) is 1. The summed E-state index contributed by atoms with van der Waals surface area (Å²) in [6, 6.07) is -0.133. The molecule has 0 aromatic heterocycles. The lowest BCUT2D eigenvalue weighted by atomic mass is 9.81. The molecule has 2 amide bonds. The fourth-order valence-corrected chi connectivity index (χ4v) is 4.84. The molecule has 0 spiro atoms. The molecule has 0 bridgehead atoms. The van der Waals surface area contributed by atoms with Gasteiger partial charge in [0.05, 0.1) is 11.0 Å². The number of hydrogen-bond donors (Lipinski definition) is 2. The number of rotatable bonds is 5. The summed E-state index contributed by atoms with van der Waals surface area (Å²) in [5.41, 5.74) is -0.924. The normalized spacial score (nSPS) is 32.0. The molecule has 0 aromatic carbocycles. The minimum absolute atomic E-state index is 0.109. The molecule has 3 fully saturated rings. The van der Waals surface area contributed by atoms with Gasteiger partial charge in [0.25, 0.3) is 0 Å². The highest BCUT2D eigenvalue weighted by Crippen LogP contribution is 2.48. The van der Waals surface area contributed by atoms with Crippen LogP contribution < -0.4 is 5.32 Å². The number of fused-ring (bicyclic) bond motifs is 1. The molecule has 2 N–H and O–H groups in total. The van der Waals surface area contributed by atoms with Gasteiger partial charge in [0, 0.05) is 26.2 Å². The number of urea groups is 1. The van der Waals surface area contributed by atoms with Gasteiger partial charge >= 0.3 is 12.0 Å². The van der Waals surface area contributed by atoms with Crippen LogP contribution in [0.1, 0.15) is 51.9 Å². The van der Waals surface area contributed by atoms with E-state index in [0.29, 0.717) is 32.7 Å². The summed E-state index contributed by atoms with van der Waals surface area (Å²) in [7, 11) is 0. The van der Waals surface area contributed by atoms with Gasteiger partial charge in [-0.05, 0) is 38.5 Å². The van der Waals surface area contributed by atoms with Gasteiger partial charge in [-0.3, -0.25) is 4.79 Å². The third-order valence-corrected chi connectivity index (χ3v) is 6.11. The number of amides is 2. The Morgan fingerprint density at radius 3 is 2.61 bits per heavy atom. The van der Waals surface area contributed by atoms with Gasteiger partial charge in [0.2, 0.25) is 0 Å². The number of nitrogens with one attached hydrogen (secondary N) is 1. The number of carbonyl (C=O) groups is 2. The fourth-order valence-electron chi connectivity index (χ4n) is 4.84. The molecular weight excluding hydrogens is 296 g/mol. The molecule has 0 unspecified atom stereocenters. The van der Waals surface area contributed by atoms with Crippen molar-refractivity contribution in [2.45, 2.75) is 57.5 Å². The minimum atomic E-state index is -0.739. The molecule has 3 aliphatic rings. The van der Waals surface area contributed by atoms with Gasteiger partial charge in [0.1, 0.15) is 0 Å². The number of carboxylic acid groups (broad SMARTS) is 1. The van der Waals surface area contributed by atoms with Crippen LogP contribution in [0.2, 0.25) is 0 Å². The molecule has 1 aliphatic heterocycles. The number of carbonyl (C=O) groups excluding carboxylic acids is 1. The zero-order valence-electron chi connectivity index (χ0n) is 14.0. The van der Waals surface area contributed by atoms with Crippen LogP contribution in [0.4, 0.5) is 4.79 Å². The van der Waals surface area contributed by atoms with Crippen LogP contribution in [-0.2, 0) is 9.53 Å². The van der Waals surface area contributed by atoms with E-state index in [-0.39, 0.29) is 17.6 Å². The maximum absolute atomic E-state index is 12.5. The summed E-state index contributed by atoms with van der Waals surface area (Å²) in [4.78, 5) is 25.9. The van der Waals surface area contributed by atoms with Crippen molar-refractivity contribution >= 4 is 12.0 Å². The molecular formula is C17H28N2O4. The van der Waals surface area contributed by atoms with E-state index < -0.39 is 11.4 Å². The Morgan fingerprint density at radius 2 is 2.00 bits per heavy atom. The van der Waals surface area contributed by atoms with Crippen LogP contribution in [0.3, 0.4) is 0 Å². The smallest absolute Gasteiger partial charge is 0.317 e. The highest BCUT2D eigenvalue weighted by Gasteiger charge is 2.55. The predicted molar refractivity (Wildman–Crippen MR) is 85.2 cm³/mol. The average molecular weight is 324 g/mol. The lowest BCUT2D eigenvalue weighted by Gasteiger charge is -2.30. The molecule has 2 aliphatic carbocycles. The van der Waals surface area contributed by atoms with Crippen molar-refractivity contribution in [2.75, 3.05) is 26.2 Å². The molecule has 6 heteroatoms. The van der Waals surface area contributed by atoms with Gasteiger partial charge < -0.3 is 20.1 Å². The quantitative estimate of drug-likeness (QED) is 0.813. The Labute approximate surface area is 137 Å². The van der Waals surface area contributed by atoms with E-state index in [0.717, 1.165) is 38.5 Å². The molecule has 2 atom stereocenters. The lowest BCUT2D eigenvalue weighted by Crippen LogP contribution is -2.48. The fraction of sp³-hybridized carbons (Fsp3) is 0.882. The Kier molecular flexibility index (Phi) is 4.54. The van der Waals surface area contributed by atoms with Gasteiger partial charge in [0.15, 0.2) is 0 Å². The molecule has 1 heterocycles. The maximum Gasteiger partial charge on any atom is 0.317 e. The zero-order valence-corrected chi connectivity index (χ0v) is 14.0. The van der Waals surface area contributed by atoms with Gasteiger partial charge in [-0.2, -0.15) is 0 Å². The largest absolute Gasteiger partial charge is 0.481 e. The molecule has 23 heavy (non-hydrogen) atoms. The summed E-state index contributed by atoms with van der Waals surface area (Å²) in [5, 5.41) is 12.6. The molecule has 3 rings (SSSR count). The van der Waals surface area contributed by atoms with E-state index in [1.54, 1.807) is 4.90 Å². The third kappa shape index (κ3) is 2.93. The first kappa shape index (κ1) is 16.6. The van der Waals surface area contributed by atoms with E-state index in [1.165, 1.54) is 0 Å². The van der Waals surface area contributed by atoms with Crippen molar-refractivity contribution in [3.05, 3.63) is 0 Å². The van der Waals surface area contributed by atoms with Gasteiger partial charge in [-0.15, -0.1) is 0 Å². The van der Waals surface area contributed by atoms with Crippen molar-refractivity contribution in [1.82, 2.24) is 10.2 Å². The predicted octanol–water partition coefficient (Wildman–Crippen LogP) is 2.23. The number of carboxylic acids is 1. The Bertz CT molecular complexity index is 475. The summed E-state index contributed by atoms with van der Waals surface area (Å²) in [6.45, 7) is 4.09. The van der Waals surface area contributed by atoms with E-state index in [2.05, 4.69) is 5.32 Å². The maximum atomic E-state index is 12.5. The van der Waals surface area contributed by atoms with Gasteiger partial charge in [-0.25, -0.2) is 4.79 Å². The van der Waals surface area contributed by atoms with E-state index in [9.17, 15) is 14.7 Å². The second-order valence-corrected chi connectivity index (χ2v) is 7.41. The summed E-state index contributed by atoms with van der Waals surface area (Å²) >= 11 is 0. The summed E-state index contributed by atoms with van der Waals surface area (Å²) in [5.74, 6) is -0.630. The molecule has 2 saturated carbocycles. The van der Waals surface area contributed by atoms with Crippen molar-refractivity contribution in [3.8, 4) is 0 Å². The number of ether oxygens (including phenoxy) is 1. The molecule has 0 aromatic rings. The number of likely N-dealkylation sites (tertiary alicyclic amines) is 1. The second kappa shape index (κ2) is 6.30. The van der Waals surface area contributed by atoms with Crippen molar-refractivity contribution in [1.29, 1.82) is 0 Å². The van der Waals surface area contributed by atoms with Crippen LogP contribution in [0, 0.1) is 11.3 Å². The molecule has 130 valence electrons. The lowest BCUT2D eigenvalue weighted by molar-refractivity contribution is -0.149. The van der Waals surface area contributed by atoms with Gasteiger partial charge in [-0.1, -0.05) is 19.3 Å². The minimum Gasteiger partial charge on any atom is -0.481 e. The number of aliphatic carboxylic acids is 1. The second-order valence-electron chi connectivity index (χ2n) is 7.41.